The Morgan fingerprint density at radius 1 is 1.03 bits per heavy atom. The van der Waals surface area contributed by atoms with Gasteiger partial charge in [-0.2, -0.15) is 15.0 Å². The number of hydrogen-bond acceptors (Lipinski definition) is 8. The molecule has 1 saturated carbocycles. The fourth-order valence-electron chi connectivity index (χ4n) is 4.85. The van der Waals surface area contributed by atoms with Crippen LogP contribution in [0.2, 0.25) is 0 Å². The number of para-hydroxylation sites is 2. The van der Waals surface area contributed by atoms with Crippen molar-refractivity contribution >= 4 is 22.9 Å². The van der Waals surface area contributed by atoms with Crippen molar-refractivity contribution < 1.29 is 13.5 Å². The molecule has 9 nitrogen and oxygen atoms in total. The average Bonchev–Trinajstić information content (AvgIpc) is 3.26. The molecule has 11 heteroatoms. The van der Waals surface area contributed by atoms with Crippen molar-refractivity contribution in [1.82, 2.24) is 24.5 Å². The third kappa shape index (κ3) is 4.41. The molecular weight excluding hydrogens is 442 g/mol. The van der Waals surface area contributed by atoms with Gasteiger partial charge in [-0.15, -0.1) is 0 Å². The lowest BCUT2D eigenvalue weighted by molar-refractivity contribution is 0.122. The second-order valence-electron chi connectivity index (χ2n) is 8.78. The van der Waals surface area contributed by atoms with Gasteiger partial charge in [-0.3, -0.25) is 4.57 Å². The van der Waals surface area contributed by atoms with Crippen molar-refractivity contribution in [2.45, 2.75) is 51.1 Å². The molecule has 5 rings (SSSR count). The number of nitrogens with two attached hydrogens (primary N) is 1. The summed E-state index contributed by atoms with van der Waals surface area (Å²) in [5.41, 5.74) is 7.14. The number of aromatic nitrogens is 5. The number of nitrogens with zero attached hydrogens (tertiary/aromatic N) is 7. The highest BCUT2D eigenvalue weighted by Gasteiger charge is 2.29. The first-order valence-corrected chi connectivity index (χ1v) is 11.9. The Labute approximate surface area is 197 Å². The number of alkyl halides is 2. The van der Waals surface area contributed by atoms with E-state index in [0.717, 1.165) is 25.7 Å². The van der Waals surface area contributed by atoms with Gasteiger partial charge in [-0.1, -0.05) is 12.1 Å². The van der Waals surface area contributed by atoms with Gasteiger partial charge in [0.2, 0.25) is 17.8 Å². The number of rotatable bonds is 6. The lowest BCUT2D eigenvalue weighted by Gasteiger charge is -2.36. The summed E-state index contributed by atoms with van der Waals surface area (Å²) in [5, 5.41) is 0. The van der Waals surface area contributed by atoms with Crippen LogP contribution in [0.1, 0.15) is 44.9 Å². The van der Waals surface area contributed by atoms with Gasteiger partial charge in [0.1, 0.15) is 0 Å². The predicted octanol–water partition coefficient (Wildman–Crippen LogP) is 3.08. The Balaban J connectivity index is 1.64. The van der Waals surface area contributed by atoms with Crippen LogP contribution < -0.4 is 15.5 Å². The van der Waals surface area contributed by atoms with Crippen molar-refractivity contribution in [2.75, 3.05) is 42.6 Å². The lowest BCUT2D eigenvalue weighted by Crippen LogP contribution is -2.42. The molecule has 0 bridgehead atoms. The highest BCUT2D eigenvalue weighted by Crippen LogP contribution is 2.30. The first-order chi connectivity index (χ1) is 16.5. The molecule has 0 amide bonds. The molecule has 2 aliphatic rings. The summed E-state index contributed by atoms with van der Waals surface area (Å²) in [7, 11) is 0. The molecule has 2 aromatic heterocycles. The van der Waals surface area contributed by atoms with Crippen LogP contribution >= 0.6 is 0 Å². The molecule has 3 aromatic rings. The summed E-state index contributed by atoms with van der Waals surface area (Å²) in [5.74, 6) is 0.735. The third-order valence-corrected chi connectivity index (χ3v) is 6.66. The second-order valence-corrected chi connectivity index (χ2v) is 8.78. The molecule has 1 saturated heterocycles. The fraction of sp³-hybridized carbons (Fsp3) is 0.565. The maximum Gasteiger partial charge on any atom is 0.296 e. The highest BCUT2D eigenvalue weighted by molar-refractivity contribution is 5.77. The van der Waals surface area contributed by atoms with Crippen LogP contribution in [-0.2, 0) is 4.74 Å². The summed E-state index contributed by atoms with van der Waals surface area (Å²) in [6, 6.07) is 7.51. The minimum atomic E-state index is -2.78. The zero-order chi connectivity index (χ0) is 23.7. The van der Waals surface area contributed by atoms with E-state index in [1.54, 1.807) is 24.3 Å². The van der Waals surface area contributed by atoms with Gasteiger partial charge in [0.15, 0.2) is 5.82 Å². The molecule has 1 aromatic carbocycles. The van der Waals surface area contributed by atoms with E-state index in [4.69, 9.17) is 20.4 Å². The van der Waals surface area contributed by atoms with Crippen LogP contribution in [0.4, 0.5) is 20.7 Å². The van der Waals surface area contributed by atoms with Crippen LogP contribution in [0.25, 0.3) is 17.0 Å². The zero-order valence-electron chi connectivity index (χ0n) is 19.3. The van der Waals surface area contributed by atoms with Crippen molar-refractivity contribution in [3.05, 3.63) is 30.1 Å². The van der Waals surface area contributed by atoms with E-state index in [2.05, 4.69) is 21.8 Å². The monoisotopic (exact) mass is 472 g/mol. The van der Waals surface area contributed by atoms with Gasteiger partial charge in [0.25, 0.3) is 6.43 Å². The third-order valence-electron chi connectivity index (χ3n) is 6.66. The Bertz CT molecular complexity index is 1130. The number of anilines is 2. The first kappa shape index (κ1) is 22.9. The van der Waals surface area contributed by atoms with E-state index >= 15 is 0 Å². The van der Waals surface area contributed by atoms with Gasteiger partial charge in [-0.25, -0.2) is 13.8 Å². The topological polar surface area (TPSA) is 98.2 Å². The van der Waals surface area contributed by atoms with E-state index in [1.807, 2.05) is 4.90 Å². The van der Waals surface area contributed by atoms with Crippen LogP contribution in [0.5, 0.6) is 0 Å². The van der Waals surface area contributed by atoms with Crippen molar-refractivity contribution in [3.8, 4) is 5.95 Å². The van der Waals surface area contributed by atoms with Crippen molar-refractivity contribution in [3.63, 3.8) is 0 Å². The molecule has 34 heavy (non-hydrogen) atoms. The molecule has 0 atom stereocenters. The summed E-state index contributed by atoms with van der Waals surface area (Å²) < 4.78 is 35.0. The summed E-state index contributed by atoms with van der Waals surface area (Å²) in [6.07, 6.45) is 0.994. The number of morpholine rings is 1. The minimum Gasteiger partial charge on any atom is -0.378 e. The molecule has 182 valence electrons. The van der Waals surface area contributed by atoms with Gasteiger partial charge >= 0.3 is 0 Å². The molecule has 2 fully saturated rings. The van der Waals surface area contributed by atoms with Gasteiger partial charge in [0, 0.05) is 31.7 Å². The van der Waals surface area contributed by atoms with Crippen LogP contribution in [0, 0.1) is 0 Å². The van der Waals surface area contributed by atoms with E-state index in [9.17, 15) is 8.78 Å². The quantitative estimate of drug-likeness (QED) is 0.585. The lowest BCUT2D eigenvalue weighted by atomic mass is 9.91. The van der Waals surface area contributed by atoms with E-state index in [-0.39, 0.29) is 23.9 Å². The summed E-state index contributed by atoms with van der Waals surface area (Å²) >= 11 is 0. The summed E-state index contributed by atoms with van der Waals surface area (Å²) in [6.45, 7) is 5.12. The average molecular weight is 473 g/mol. The summed E-state index contributed by atoms with van der Waals surface area (Å²) in [4.78, 5) is 22.5. The maximum atomic E-state index is 14.1. The largest absolute Gasteiger partial charge is 0.378 e. The van der Waals surface area contributed by atoms with Crippen LogP contribution in [-0.4, -0.2) is 69.4 Å². The van der Waals surface area contributed by atoms with Crippen molar-refractivity contribution in [1.29, 1.82) is 0 Å². The standard InChI is InChI=1S/C23H30F2N8O/c1-2-32(16-9-7-15(26)8-10-16)22-28-21(31-11-13-34-14-12-31)29-23(30-22)33-18-6-4-3-5-17(18)27-20(33)19(24)25/h3-6,15-16,19H,2,7-14,26H2,1H3. The van der Waals surface area contributed by atoms with E-state index < -0.39 is 6.43 Å². The molecule has 0 spiro atoms. The first-order valence-electron chi connectivity index (χ1n) is 11.9. The Kier molecular flexibility index (Phi) is 6.55. The second kappa shape index (κ2) is 9.75. The molecule has 1 aliphatic heterocycles. The normalized spacial score (nSPS) is 21.4. The molecule has 0 unspecified atom stereocenters. The maximum absolute atomic E-state index is 14.1. The Morgan fingerprint density at radius 3 is 2.44 bits per heavy atom. The molecule has 1 aliphatic carbocycles. The fourth-order valence-corrected chi connectivity index (χ4v) is 4.85. The predicted molar refractivity (Wildman–Crippen MR) is 126 cm³/mol. The van der Waals surface area contributed by atoms with E-state index in [1.165, 1.54) is 4.57 Å². The SMILES string of the molecule is CCN(c1nc(N2CCOCC2)nc(-n2c(C(F)F)nc3ccccc32)n1)C1CCC(N)CC1. The number of imidazole rings is 1. The number of benzene rings is 1. The minimum absolute atomic E-state index is 0.154. The molecule has 0 radical (unpaired) electrons. The van der Waals surface area contributed by atoms with Gasteiger partial charge in [0.05, 0.1) is 24.2 Å². The smallest absolute Gasteiger partial charge is 0.296 e. The Hall–Kier alpha value is -2.92. The van der Waals surface area contributed by atoms with Crippen LogP contribution in [0.15, 0.2) is 24.3 Å². The molecule has 2 N–H and O–H groups in total. The van der Waals surface area contributed by atoms with Crippen molar-refractivity contribution in [2.24, 2.45) is 5.73 Å². The number of halogens is 2. The zero-order valence-corrected chi connectivity index (χ0v) is 19.3. The van der Waals surface area contributed by atoms with E-state index in [0.29, 0.717) is 55.8 Å². The van der Waals surface area contributed by atoms with Gasteiger partial charge in [-0.05, 0) is 44.7 Å². The molecule has 3 heterocycles. The van der Waals surface area contributed by atoms with Crippen LogP contribution in [0.3, 0.4) is 0 Å². The molecular formula is C23H30F2N8O. The number of hydrogen-bond donors (Lipinski definition) is 1. The highest BCUT2D eigenvalue weighted by atomic mass is 19.3. The Morgan fingerprint density at radius 2 is 1.74 bits per heavy atom. The van der Waals surface area contributed by atoms with Gasteiger partial charge < -0.3 is 20.3 Å². The number of ether oxygens (including phenoxy) is 1. The number of fused-ring (bicyclic) bond motifs is 1.